The lowest BCUT2D eigenvalue weighted by molar-refractivity contribution is -0.125. The number of carbonyl (C=O) groups excluding carboxylic acids is 2. The fourth-order valence-corrected chi connectivity index (χ4v) is 1.99. The second-order valence-electron chi connectivity index (χ2n) is 5.08. The highest BCUT2D eigenvalue weighted by Gasteiger charge is 2.07. The third-order valence-electron chi connectivity index (χ3n) is 3.04. The summed E-state index contributed by atoms with van der Waals surface area (Å²) in [6.45, 7) is 2.26. The maximum Gasteiger partial charge on any atom is 0.249 e. The van der Waals surface area contributed by atoms with E-state index in [1.54, 1.807) is 25.2 Å². The van der Waals surface area contributed by atoms with E-state index < -0.39 is 5.91 Å². The summed E-state index contributed by atoms with van der Waals surface area (Å²) < 4.78 is 0. The van der Waals surface area contributed by atoms with Crippen molar-refractivity contribution in [2.45, 2.75) is 13.5 Å². The Hall–Kier alpha value is -2.60. The number of amides is 2. The first-order chi connectivity index (χ1) is 10.9. The SMILES string of the molecule is Cc1cc(NC(=O)/C=C\C(=O)N(C)Cc2ccc(Cl)cc2)n[nH]1. The van der Waals surface area contributed by atoms with Crippen LogP contribution in [-0.4, -0.2) is 34.0 Å². The first kappa shape index (κ1) is 16.8. The van der Waals surface area contributed by atoms with Gasteiger partial charge in [-0.1, -0.05) is 23.7 Å². The summed E-state index contributed by atoms with van der Waals surface area (Å²) in [6.07, 6.45) is 2.41. The molecule has 1 aromatic carbocycles. The van der Waals surface area contributed by atoms with Gasteiger partial charge < -0.3 is 10.2 Å². The molecule has 0 atom stereocenters. The number of nitrogens with one attached hydrogen (secondary N) is 2. The minimum Gasteiger partial charge on any atom is -0.338 e. The molecule has 0 aliphatic rings. The molecule has 0 unspecified atom stereocenters. The number of likely N-dealkylation sites (N-methyl/N-ethyl adjacent to an activating group) is 1. The molecule has 0 saturated carbocycles. The monoisotopic (exact) mass is 332 g/mol. The number of halogens is 1. The first-order valence-corrected chi connectivity index (χ1v) is 7.32. The highest BCUT2D eigenvalue weighted by molar-refractivity contribution is 6.30. The Morgan fingerprint density at radius 1 is 1.30 bits per heavy atom. The Morgan fingerprint density at radius 3 is 2.61 bits per heavy atom. The molecule has 23 heavy (non-hydrogen) atoms. The summed E-state index contributed by atoms with van der Waals surface area (Å²) in [6, 6.07) is 8.93. The van der Waals surface area contributed by atoms with Crippen LogP contribution in [0, 0.1) is 6.92 Å². The van der Waals surface area contributed by atoms with E-state index in [0.717, 1.165) is 11.3 Å². The highest BCUT2D eigenvalue weighted by atomic mass is 35.5. The Morgan fingerprint density at radius 2 is 2.00 bits per heavy atom. The molecule has 0 fully saturated rings. The van der Waals surface area contributed by atoms with Crippen molar-refractivity contribution >= 4 is 29.2 Å². The predicted molar refractivity (Wildman–Crippen MR) is 89.0 cm³/mol. The molecule has 2 aromatic rings. The quantitative estimate of drug-likeness (QED) is 0.826. The van der Waals surface area contributed by atoms with Crippen LogP contribution in [0.2, 0.25) is 5.02 Å². The molecular weight excluding hydrogens is 316 g/mol. The molecule has 0 spiro atoms. The van der Waals surface area contributed by atoms with Crippen LogP contribution in [0.5, 0.6) is 0 Å². The number of aromatic nitrogens is 2. The van der Waals surface area contributed by atoms with E-state index in [0.29, 0.717) is 17.4 Å². The van der Waals surface area contributed by atoms with Gasteiger partial charge in [-0.3, -0.25) is 14.7 Å². The lowest BCUT2D eigenvalue weighted by atomic mass is 10.2. The van der Waals surface area contributed by atoms with Gasteiger partial charge in [-0.2, -0.15) is 5.10 Å². The zero-order chi connectivity index (χ0) is 16.8. The largest absolute Gasteiger partial charge is 0.338 e. The van der Waals surface area contributed by atoms with Crippen molar-refractivity contribution in [3.63, 3.8) is 0 Å². The molecule has 1 heterocycles. The lowest BCUT2D eigenvalue weighted by Gasteiger charge is -2.15. The average Bonchev–Trinajstić information content (AvgIpc) is 2.92. The Kier molecular flexibility index (Phi) is 5.54. The number of anilines is 1. The average molecular weight is 333 g/mol. The van der Waals surface area contributed by atoms with Crippen molar-refractivity contribution in [2.75, 3.05) is 12.4 Å². The minimum atomic E-state index is -0.412. The molecule has 0 radical (unpaired) electrons. The summed E-state index contributed by atoms with van der Waals surface area (Å²) in [5, 5.41) is 9.80. The number of H-pyrrole nitrogens is 1. The standard InChI is InChI=1S/C16H17ClN4O2/c1-11-9-14(20-19-11)18-15(22)7-8-16(23)21(2)10-12-3-5-13(17)6-4-12/h3-9H,10H2,1-2H3,(H2,18,19,20,22)/b8-7-. The summed E-state index contributed by atoms with van der Waals surface area (Å²) in [4.78, 5) is 25.2. The van der Waals surface area contributed by atoms with Gasteiger partial charge in [0.15, 0.2) is 5.82 Å². The maximum absolute atomic E-state index is 12.0. The van der Waals surface area contributed by atoms with Crippen molar-refractivity contribution in [2.24, 2.45) is 0 Å². The second-order valence-corrected chi connectivity index (χ2v) is 5.52. The van der Waals surface area contributed by atoms with Crippen LogP contribution in [0.1, 0.15) is 11.3 Å². The number of nitrogens with zero attached hydrogens (tertiary/aromatic N) is 2. The second kappa shape index (κ2) is 7.60. The van der Waals surface area contributed by atoms with E-state index in [2.05, 4.69) is 15.5 Å². The van der Waals surface area contributed by atoms with Crippen molar-refractivity contribution in [1.29, 1.82) is 0 Å². The van der Waals surface area contributed by atoms with E-state index in [-0.39, 0.29) is 5.91 Å². The van der Waals surface area contributed by atoms with Crippen molar-refractivity contribution in [3.05, 3.63) is 58.8 Å². The van der Waals surface area contributed by atoms with Gasteiger partial charge in [-0.15, -0.1) is 0 Å². The molecular formula is C16H17ClN4O2. The number of hydrogen-bond donors (Lipinski definition) is 2. The maximum atomic E-state index is 12.0. The number of benzene rings is 1. The third kappa shape index (κ3) is 5.27. The molecule has 0 aliphatic carbocycles. The molecule has 0 bridgehead atoms. The van der Waals surface area contributed by atoms with Gasteiger partial charge in [-0.05, 0) is 24.6 Å². The minimum absolute atomic E-state index is 0.270. The normalized spacial score (nSPS) is 10.7. The van der Waals surface area contributed by atoms with Crippen molar-refractivity contribution in [1.82, 2.24) is 15.1 Å². The summed E-state index contributed by atoms with van der Waals surface area (Å²) in [5.41, 5.74) is 1.79. The van der Waals surface area contributed by atoms with Crippen LogP contribution in [0.25, 0.3) is 0 Å². The molecule has 6 nitrogen and oxygen atoms in total. The van der Waals surface area contributed by atoms with E-state index in [9.17, 15) is 9.59 Å². The molecule has 1 aromatic heterocycles. The Bertz CT molecular complexity index is 722. The highest BCUT2D eigenvalue weighted by Crippen LogP contribution is 2.11. The molecule has 2 rings (SSSR count). The molecule has 7 heteroatoms. The molecule has 0 aliphatic heterocycles. The molecule has 0 saturated heterocycles. The third-order valence-corrected chi connectivity index (χ3v) is 3.30. The lowest BCUT2D eigenvalue weighted by Crippen LogP contribution is -2.24. The smallest absolute Gasteiger partial charge is 0.249 e. The van der Waals surface area contributed by atoms with Crippen LogP contribution in [0.15, 0.2) is 42.5 Å². The van der Waals surface area contributed by atoms with E-state index in [1.165, 1.54) is 17.1 Å². The summed E-state index contributed by atoms with van der Waals surface area (Å²) >= 11 is 5.82. The predicted octanol–water partition coefficient (Wildman–Crippen LogP) is 2.52. The number of rotatable bonds is 5. The van der Waals surface area contributed by atoms with Crippen molar-refractivity contribution < 1.29 is 9.59 Å². The molecule has 2 amide bonds. The van der Waals surface area contributed by atoms with Gasteiger partial charge in [0.2, 0.25) is 11.8 Å². The van der Waals surface area contributed by atoms with E-state index in [4.69, 9.17) is 11.6 Å². The van der Waals surface area contributed by atoms with Crippen LogP contribution >= 0.6 is 11.6 Å². The zero-order valence-electron chi connectivity index (χ0n) is 12.8. The molecule has 120 valence electrons. The Balaban J connectivity index is 1.86. The first-order valence-electron chi connectivity index (χ1n) is 6.94. The number of hydrogen-bond acceptors (Lipinski definition) is 3. The Labute approximate surface area is 139 Å². The van der Waals surface area contributed by atoms with E-state index >= 15 is 0 Å². The zero-order valence-corrected chi connectivity index (χ0v) is 13.6. The number of aromatic amines is 1. The van der Waals surface area contributed by atoms with Crippen molar-refractivity contribution in [3.8, 4) is 0 Å². The van der Waals surface area contributed by atoms with Gasteiger partial charge in [0.05, 0.1) is 0 Å². The van der Waals surface area contributed by atoms with Gasteiger partial charge in [0.25, 0.3) is 0 Å². The number of aryl methyl sites for hydroxylation is 1. The van der Waals surface area contributed by atoms with Crippen LogP contribution in [0.3, 0.4) is 0 Å². The topological polar surface area (TPSA) is 78.1 Å². The number of carbonyl (C=O) groups is 2. The van der Waals surface area contributed by atoms with Gasteiger partial charge >= 0.3 is 0 Å². The van der Waals surface area contributed by atoms with Gasteiger partial charge in [-0.25, -0.2) is 0 Å². The molecule has 2 N–H and O–H groups in total. The fourth-order valence-electron chi connectivity index (χ4n) is 1.87. The van der Waals surface area contributed by atoms with Gasteiger partial charge in [0.1, 0.15) is 0 Å². The van der Waals surface area contributed by atoms with Crippen LogP contribution < -0.4 is 5.32 Å². The summed E-state index contributed by atoms with van der Waals surface area (Å²) in [5.74, 6) is -0.267. The summed E-state index contributed by atoms with van der Waals surface area (Å²) in [7, 11) is 1.66. The fraction of sp³-hybridized carbons (Fsp3) is 0.188. The van der Waals surface area contributed by atoms with Gasteiger partial charge in [0, 0.05) is 42.5 Å². The van der Waals surface area contributed by atoms with E-state index in [1.807, 2.05) is 19.1 Å². The van der Waals surface area contributed by atoms with Crippen LogP contribution in [-0.2, 0) is 16.1 Å². The van der Waals surface area contributed by atoms with Crippen LogP contribution in [0.4, 0.5) is 5.82 Å².